The maximum Gasteiger partial charge on any atom is 0.270 e. The molecule has 8 nitrogen and oxygen atoms in total. The van der Waals surface area contributed by atoms with Crippen LogP contribution in [0.4, 0.5) is 10.1 Å². The van der Waals surface area contributed by atoms with Crippen LogP contribution in [-0.2, 0) is 9.47 Å². The number of carbonyl (C=O) groups is 1. The minimum atomic E-state index is -0.691. The monoisotopic (exact) mass is 425 g/mol. The zero-order valence-electron chi connectivity index (χ0n) is 17.9. The summed E-state index contributed by atoms with van der Waals surface area (Å²) in [5.74, 6) is -0.0887. The Bertz CT molecular complexity index is 720. The first-order valence-corrected chi connectivity index (χ1v) is 10.4. The summed E-state index contributed by atoms with van der Waals surface area (Å²) in [4.78, 5) is 19.3. The van der Waals surface area contributed by atoms with E-state index in [0.717, 1.165) is 5.69 Å². The number of alkyl halides is 1. The van der Waals surface area contributed by atoms with Crippen LogP contribution in [0, 0.1) is 5.41 Å². The molecule has 0 aromatic carbocycles. The maximum atomic E-state index is 13.4. The number of aliphatic hydroxyl groups is 1. The van der Waals surface area contributed by atoms with Gasteiger partial charge >= 0.3 is 0 Å². The summed E-state index contributed by atoms with van der Waals surface area (Å²) < 4.78 is 29.9. The third kappa shape index (κ3) is 4.53. The van der Waals surface area contributed by atoms with Gasteiger partial charge in [-0.1, -0.05) is 13.8 Å². The van der Waals surface area contributed by atoms with Gasteiger partial charge < -0.3 is 29.5 Å². The number of nitrogens with zero attached hydrogens (tertiary/aromatic N) is 2. The van der Waals surface area contributed by atoms with Gasteiger partial charge in [-0.3, -0.25) is 9.18 Å². The highest BCUT2D eigenvalue weighted by Gasteiger charge is 2.41. The van der Waals surface area contributed by atoms with Gasteiger partial charge in [-0.15, -0.1) is 0 Å². The van der Waals surface area contributed by atoms with Crippen molar-refractivity contribution in [1.29, 1.82) is 0 Å². The lowest BCUT2D eigenvalue weighted by atomic mass is 9.89. The van der Waals surface area contributed by atoms with E-state index in [1.165, 1.54) is 0 Å². The predicted octanol–water partition coefficient (Wildman–Crippen LogP) is 1.56. The number of pyridine rings is 1. The van der Waals surface area contributed by atoms with Crippen LogP contribution in [0.3, 0.4) is 0 Å². The number of halogens is 1. The number of nitrogens with one attached hydrogen (secondary N) is 1. The molecule has 0 spiro atoms. The molecule has 1 amide bonds. The largest absolute Gasteiger partial charge is 0.475 e. The van der Waals surface area contributed by atoms with Crippen LogP contribution < -0.4 is 15.0 Å². The third-order valence-electron chi connectivity index (χ3n) is 6.24. The molecule has 168 valence electrons. The van der Waals surface area contributed by atoms with Crippen LogP contribution in [0.15, 0.2) is 12.1 Å². The Labute approximate surface area is 176 Å². The first kappa shape index (κ1) is 22.7. The van der Waals surface area contributed by atoms with Crippen molar-refractivity contribution in [3.8, 4) is 5.88 Å². The number of aromatic nitrogens is 1. The molecule has 0 bridgehead atoms. The molecule has 2 saturated heterocycles. The number of amides is 1. The van der Waals surface area contributed by atoms with Crippen molar-refractivity contribution in [2.45, 2.75) is 38.3 Å². The second-order valence-corrected chi connectivity index (χ2v) is 8.30. The average molecular weight is 426 g/mol. The SMILES string of the molecule is CCC(CC)(CO)NC(=O)c1ccc(N2CC(OC)C2)c(OCC2(CF)COC2)n1. The lowest BCUT2D eigenvalue weighted by molar-refractivity contribution is -0.141. The molecule has 30 heavy (non-hydrogen) atoms. The Morgan fingerprint density at radius 1 is 1.40 bits per heavy atom. The summed E-state index contributed by atoms with van der Waals surface area (Å²) in [6.07, 6.45) is 1.33. The van der Waals surface area contributed by atoms with Gasteiger partial charge in [-0.2, -0.15) is 0 Å². The fourth-order valence-corrected chi connectivity index (χ4v) is 3.50. The molecular formula is C21H32FN3O5. The smallest absolute Gasteiger partial charge is 0.270 e. The zero-order valence-corrected chi connectivity index (χ0v) is 17.9. The van der Waals surface area contributed by atoms with Crippen LogP contribution >= 0.6 is 0 Å². The van der Waals surface area contributed by atoms with Crippen molar-refractivity contribution < 1.29 is 28.5 Å². The topological polar surface area (TPSA) is 93.2 Å². The Hall–Kier alpha value is -1.97. The number of rotatable bonds is 11. The lowest BCUT2D eigenvalue weighted by Gasteiger charge is -2.41. The molecule has 3 rings (SSSR count). The van der Waals surface area contributed by atoms with Crippen molar-refractivity contribution in [3.05, 3.63) is 17.8 Å². The molecule has 2 aliphatic rings. The molecule has 9 heteroatoms. The van der Waals surface area contributed by atoms with Gasteiger partial charge in [0, 0.05) is 20.2 Å². The van der Waals surface area contributed by atoms with Crippen LogP contribution in [-0.4, -0.2) is 80.9 Å². The van der Waals surface area contributed by atoms with E-state index >= 15 is 0 Å². The first-order valence-electron chi connectivity index (χ1n) is 10.4. The highest BCUT2D eigenvalue weighted by Crippen LogP contribution is 2.34. The first-order chi connectivity index (χ1) is 14.4. The van der Waals surface area contributed by atoms with E-state index in [4.69, 9.17) is 14.2 Å². The molecule has 0 atom stereocenters. The van der Waals surface area contributed by atoms with Gasteiger partial charge in [-0.25, -0.2) is 4.98 Å². The van der Waals surface area contributed by atoms with Crippen molar-refractivity contribution >= 4 is 11.6 Å². The summed E-state index contributed by atoms with van der Waals surface area (Å²) in [7, 11) is 1.67. The molecule has 2 aliphatic heterocycles. The van der Waals surface area contributed by atoms with Crippen LogP contribution in [0.5, 0.6) is 5.88 Å². The number of hydrogen-bond donors (Lipinski definition) is 2. The number of anilines is 1. The van der Waals surface area contributed by atoms with Crippen molar-refractivity contribution in [2.24, 2.45) is 5.41 Å². The van der Waals surface area contributed by atoms with E-state index in [2.05, 4.69) is 10.3 Å². The van der Waals surface area contributed by atoms with Gasteiger partial charge in [0.15, 0.2) is 0 Å². The van der Waals surface area contributed by atoms with Crippen LogP contribution in [0.25, 0.3) is 0 Å². The van der Waals surface area contributed by atoms with E-state index in [0.29, 0.717) is 45.0 Å². The zero-order chi connectivity index (χ0) is 21.8. The van der Waals surface area contributed by atoms with Gasteiger partial charge in [0.1, 0.15) is 24.7 Å². The second-order valence-electron chi connectivity index (χ2n) is 8.30. The van der Waals surface area contributed by atoms with Gasteiger partial charge in [0.25, 0.3) is 5.91 Å². The minimum absolute atomic E-state index is 0.126. The number of ether oxygens (including phenoxy) is 3. The Morgan fingerprint density at radius 2 is 2.10 bits per heavy atom. The van der Waals surface area contributed by atoms with Crippen molar-refractivity contribution in [2.75, 3.05) is 58.2 Å². The predicted molar refractivity (Wildman–Crippen MR) is 110 cm³/mol. The van der Waals surface area contributed by atoms with Crippen molar-refractivity contribution in [1.82, 2.24) is 10.3 Å². The summed E-state index contributed by atoms with van der Waals surface area (Å²) in [6.45, 7) is 5.26. The van der Waals surface area contributed by atoms with E-state index in [9.17, 15) is 14.3 Å². The van der Waals surface area contributed by atoms with E-state index in [-0.39, 0.29) is 30.9 Å². The summed E-state index contributed by atoms with van der Waals surface area (Å²) in [6, 6.07) is 3.43. The van der Waals surface area contributed by atoms with Gasteiger partial charge in [0.2, 0.25) is 5.88 Å². The molecule has 3 heterocycles. The molecule has 1 aromatic rings. The molecule has 2 fully saturated rings. The van der Waals surface area contributed by atoms with Crippen LogP contribution in [0.2, 0.25) is 0 Å². The highest BCUT2D eigenvalue weighted by atomic mass is 19.1. The van der Waals surface area contributed by atoms with E-state index < -0.39 is 17.6 Å². The molecule has 1 aromatic heterocycles. The molecule has 0 saturated carbocycles. The average Bonchev–Trinajstić information content (AvgIpc) is 2.71. The quantitative estimate of drug-likeness (QED) is 0.556. The van der Waals surface area contributed by atoms with Crippen LogP contribution in [0.1, 0.15) is 37.2 Å². The summed E-state index contributed by atoms with van der Waals surface area (Å²) in [5, 5.41) is 12.6. The molecule has 0 aliphatic carbocycles. The summed E-state index contributed by atoms with van der Waals surface area (Å²) in [5.41, 5.74) is -0.411. The Balaban J connectivity index is 1.80. The Morgan fingerprint density at radius 3 is 2.60 bits per heavy atom. The number of carbonyl (C=O) groups excluding carboxylic acids is 1. The van der Waals surface area contributed by atoms with E-state index in [1.54, 1.807) is 19.2 Å². The standard InChI is InChI=1S/C21H32FN3O5/c1-4-21(5-2,11-26)24-18(27)16-6-7-17(25-8-15(9-25)28-3)19(23-16)30-14-20(10-22)12-29-13-20/h6-7,15,26H,4-5,8-14H2,1-3H3,(H,24,27). The van der Waals surface area contributed by atoms with E-state index in [1.807, 2.05) is 18.7 Å². The minimum Gasteiger partial charge on any atom is -0.475 e. The summed E-state index contributed by atoms with van der Waals surface area (Å²) >= 11 is 0. The lowest BCUT2D eigenvalue weighted by Crippen LogP contribution is -2.52. The molecule has 0 unspecified atom stereocenters. The number of aliphatic hydroxyl groups excluding tert-OH is 1. The maximum absolute atomic E-state index is 13.4. The molecular weight excluding hydrogens is 393 g/mol. The highest BCUT2D eigenvalue weighted by molar-refractivity contribution is 5.93. The molecule has 2 N–H and O–H groups in total. The third-order valence-corrected chi connectivity index (χ3v) is 6.24. The number of methoxy groups -OCH3 is 1. The fraction of sp³-hybridized carbons (Fsp3) is 0.714. The van der Waals surface area contributed by atoms with Gasteiger partial charge in [0.05, 0.1) is 36.9 Å². The second kappa shape index (κ2) is 9.45. The molecule has 0 radical (unpaired) electrons. The normalized spacial score (nSPS) is 18.5. The number of hydrogen-bond acceptors (Lipinski definition) is 7. The van der Waals surface area contributed by atoms with Crippen molar-refractivity contribution in [3.63, 3.8) is 0 Å². The van der Waals surface area contributed by atoms with Gasteiger partial charge in [-0.05, 0) is 25.0 Å². The Kier molecular flexibility index (Phi) is 7.15. The fourth-order valence-electron chi connectivity index (χ4n) is 3.50.